The highest BCUT2D eigenvalue weighted by molar-refractivity contribution is 6.11. The second-order valence-corrected chi connectivity index (χ2v) is 8.63. The highest BCUT2D eigenvalue weighted by atomic mass is 19.1. The van der Waals surface area contributed by atoms with Crippen LogP contribution >= 0.6 is 0 Å². The number of hydrogen-bond acceptors (Lipinski definition) is 7. The lowest BCUT2D eigenvalue weighted by Crippen LogP contribution is -2.33. The highest BCUT2D eigenvalue weighted by Gasteiger charge is 2.59. The minimum absolute atomic E-state index is 0.0758. The normalized spacial score (nSPS) is 15.8. The summed E-state index contributed by atoms with van der Waals surface area (Å²) >= 11 is 0. The molecule has 0 radical (unpaired) electrons. The van der Waals surface area contributed by atoms with Gasteiger partial charge in [0, 0.05) is 23.7 Å². The number of halogens is 1. The van der Waals surface area contributed by atoms with Crippen molar-refractivity contribution in [2.24, 2.45) is 11.1 Å². The Labute approximate surface area is 199 Å². The SMILES string of the molecule is COc1cc2nccc(Oc3ccc(NC(=O)C4(C(=O)OC5CC5)CC4)c(F)c3)c2cc1C(N)=O. The quantitative estimate of drug-likeness (QED) is 0.372. The number of nitrogens with one attached hydrogen (secondary N) is 1. The lowest BCUT2D eigenvalue weighted by atomic mass is 10.1. The number of rotatable bonds is 8. The van der Waals surface area contributed by atoms with Crippen molar-refractivity contribution in [1.29, 1.82) is 0 Å². The summed E-state index contributed by atoms with van der Waals surface area (Å²) in [6.07, 6.45) is 3.76. The molecular weight excluding hydrogens is 457 g/mol. The van der Waals surface area contributed by atoms with Crippen LogP contribution in [0.15, 0.2) is 42.6 Å². The van der Waals surface area contributed by atoms with Gasteiger partial charge < -0.3 is 25.3 Å². The molecule has 0 atom stereocenters. The maximum Gasteiger partial charge on any atom is 0.321 e. The maximum atomic E-state index is 14.8. The van der Waals surface area contributed by atoms with Gasteiger partial charge in [-0.3, -0.25) is 19.4 Å². The van der Waals surface area contributed by atoms with Crippen LogP contribution in [-0.2, 0) is 14.3 Å². The number of nitrogens with zero attached hydrogens (tertiary/aromatic N) is 1. The second kappa shape index (κ2) is 8.53. The number of methoxy groups -OCH3 is 1. The number of ether oxygens (including phenoxy) is 3. The number of pyridine rings is 1. The number of aromatic nitrogens is 1. The topological polar surface area (TPSA) is 130 Å². The van der Waals surface area contributed by atoms with Crippen LogP contribution in [0, 0.1) is 11.2 Å². The van der Waals surface area contributed by atoms with Crippen LogP contribution in [0.5, 0.6) is 17.2 Å². The number of carbonyl (C=O) groups excluding carboxylic acids is 3. The fraction of sp³-hybridized carbons (Fsp3) is 0.280. The van der Waals surface area contributed by atoms with Crippen LogP contribution in [0.25, 0.3) is 10.9 Å². The predicted octanol–water partition coefficient (Wildman–Crippen LogP) is 3.70. The molecule has 180 valence electrons. The fourth-order valence-electron chi connectivity index (χ4n) is 3.73. The molecule has 3 aromatic rings. The van der Waals surface area contributed by atoms with Gasteiger partial charge in [0.1, 0.15) is 34.6 Å². The van der Waals surface area contributed by atoms with Gasteiger partial charge in [0.2, 0.25) is 5.91 Å². The largest absolute Gasteiger partial charge is 0.496 e. The smallest absolute Gasteiger partial charge is 0.321 e. The second-order valence-electron chi connectivity index (χ2n) is 8.63. The maximum absolute atomic E-state index is 14.8. The summed E-state index contributed by atoms with van der Waals surface area (Å²) in [5.74, 6) is -1.80. The van der Waals surface area contributed by atoms with Gasteiger partial charge in [-0.15, -0.1) is 0 Å². The van der Waals surface area contributed by atoms with Crippen molar-refractivity contribution in [1.82, 2.24) is 4.98 Å². The van der Waals surface area contributed by atoms with E-state index in [2.05, 4.69) is 10.3 Å². The van der Waals surface area contributed by atoms with Crippen molar-refractivity contribution < 1.29 is 33.0 Å². The molecule has 2 amide bonds. The van der Waals surface area contributed by atoms with E-state index in [-0.39, 0.29) is 28.9 Å². The molecule has 3 N–H and O–H groups in total. The third kappa shape index (κ3) is 4.34. The van der Waals surface area contributed by atoms with Crippen molar-refractivity contribution in [3.8, 4) is 17.2 Å². The number of anilines is 1. The van der Waals surface area contributed by atoms with Crippen molar-refractivity contribution in [3.05, 3.63) is 54.0 Å². The van der Waals surface area contributed by atoms with Gasteiger partial charge in [0.15, 0.2) is 0 Å². The molecule has 0 saturated heterocycles. The number of nitrogens with two attached hydrogens (primary N) is 1. The number of esters is 1. The minimum Gasteiger partial charge on any atom is -0.496 e. The summed E-state index contributed by atoms with van der Waals surface area (Å²) in [7, 11) is 1.41. The average molecular weight is 479 g/mol. The van der Waals surface area contributed by atoms with Crippen molar-refractivity contribution in [2.75, 3.05) is 12.4 Å². The van der Waals surface area contributed by atoms with Gasteiger partial charge in [-0.05, 0) is 49.9 Å². The van der Waals surface area contributed by atoms with Gasteiger partial charge >= 0.3 is 5.97 Å². The van der Waals surface area contributed by atoms with Crippen molar-refractivity contribution in [2.45, 2.75) is 31.8 Å². The van der Waals surface area contributed by atoms with Gasteiger partial charge in [0.05, 0.1) is 23.9 Å². The third-order valence-electron chi connectivity index (χ3n) is 6.08. The Balaban J connectivity index is 1.35. The lowest BCUT2D eigenvalue weighted by Gasteiger charge is -2.15. The molecule has 0 spiro atoms. The van der Waals surface area contributed by atoms with Gasteiger partial charge in [-0.2, -0.15) is 0 Å². The Hall–Kier alpha value is -4.21. The molecule has 1 heterocycles. The molecule has 0 aliphatic heterocycles. The first-order valence-corrected chi connectivity index (χ1v) is 11.1. The van der Waals surface area contributed by atoms with E-state index >= 15 is 0 Å². The summed E-state index contributed by atoms with van der Waals surface area (Å²) in [6.45, 7) is 0. The molecule has 2 fully saturated rings. The number of hydrogen-bond donors (Lipinski definition) is 2. The molecular formula is C25H22FN3O6. The lowest BCUT2D eigenvalue weighted by molar-refractivity contribution is -0.154. The molecule has 5 rings (SSSR count). The minimum atomic E-state index is -1.24. The Morgan fingerprint density at radius 3 is 2.51 bits per heavy atom. The van der Waals surface area contributed by atoms with E-state index in [0.29, 0.717) is 29.5 Å². The number of carbonyl (C=O) groups is 3. The first kappa shape index (κ1) is 22.6. The standard InChI is InChI=1S/C25H22FN3O6/c1-33-21-12-19-15(11-16(21)22(27)30)20(6-9-28-19)34-14-4-5-18(17(26)10-14)29-23(31)25(7-8-25)24(32)35-13-2-3-13/h4-6,9-13H,2-3,7-8H2,1H3,(H2,27,30)(H,29,31). The molecule has 9 nitrogen and oxygen atoms in total. The molecule has 2 aliphatic rings. The van der Waals surface area contributed by atoms with Crippen LogP contribution in [-0.4, -0.2) is 36.0 Å². The van der Waals surface area contributed by atoms with Gasteiger partial charge in [-0.1, -0.05) is 0 Å². The van der Waals surface area contributed by atoms with E-state index in [1.807, 2.05) is 0 Å². The number of fused-ring (bicyclic) bond motifs is 1. The van der Waals surface area contributed by atoms with Gasteiger partial charge in [-0.25, -0.2) is 4.39 Å². The van der Waals surface area contributed by atoms with Crippen molar-refractivity contribution in [3.63, 3.8) is 0 Å². The monoisotopic (exact) mass is 479 g/mol. The van der Waals surface area contributed by atoms with E-state index in [4.69, 9.17) is 19.9 Å². The van der Waals surface area contributed by atoms with Crippen LogP contribution in [0.2, 0.25) is 0 Å². The third-order valence-corrected chi connectivity index (χ3v) is 6.08. The zero-order valence-corrected chi connectivity index (χ0v) is 18.8. The Bertz CT molecular complexity index is 1370. The molecule has 1 aromatic heterocycles. The summed E-state index contributed by atoms with van der Waals surface area (Å²) in [5, 5.41) is 2.97. The first-order chi connectivity index (χ1) is 16.8. The van der Waals surface area contributed by atoms with Crippen LogP contribution in [0.4, 0.5) is 10.1 Å². The number of benzene rings is 2. The zero-order valence-electron chi connectivity index (χ0n) is 18.8. The van der Waals surface area contributed by atoms with E-state index in [1.54, 1.807) is 12.1 Å². The van der Waals surface area contributed by atoms with E-state index < -0.39 is 29.0 Å². The Kier molecular flexibility index (Phi) is 5.50. The molecule has 2 saturated carbocycles. The van der Waals surface area contributed by atoms with Crippen LogP contribution in [0.1, 0.15) is 36.0 Å². The highest BCUT2D eigenvalue weighted by Crippen LogP contribution is 2.49. The molecule has 10 heteroatoms. The van der Waals surface area contributed by atoms with E-state index in [9.17, 15) is 18.8 Å². The summed E-state index contributed by atoms with van der Waals surface area (Å²) in [4.78, 5) is 41.1. The molecule has 2 aromatic carbocycles. The molecule has 0 bridgehead atoms. The summed E-state index contributed by atoms with van der Waals surface area (Å²) in [6, 6.07) is 8.57. The summed E-state index contributed by atoms with van der Waals surface area (Å²) < 4.78 is 31.2. The molecule has 2 aliphatic carbocycles. The summed E-state index contributed by atoms with van der Waals surface area (Å²) in [5.41, 5.74) is 4.77. The first-order valence-electron chi connectivity index (χ1n) is 11.1. The molecule has 0 unspecified atom stereocenters. The van der Waals surface area contributed by atoms with Crippen LogP contribution in [0.3, 0.4) is 0 Å². The zero-order chi connectivity index (χ0) is 24.7. The Morgan fingerprint density at radius 1 is 1.11 bits per heavy atom. The average Bonchev–Trinajstić information content (AvgIpc) is 3.75. The molecule has 35 heavy (non-hydrogen) atoms. The number of amides is 2. The fourth-order valence-corrected chi connectivity index (χ4v) is 3.73. The number of primary amides is 1. The van der Waals surface area contributed by atoms with E-state index in [0.717, 1.165) is 18.9 Å². The van der Waals surface area contributed by atoms with Gasteiger partial charge in [0.25, 0.3) is 5.91 Å². The Morgan fingerprint density at radius 2 is 1.89 bits per heavy atom. The predicted molar refractivity (Wildman–Crippen MR) is 123 cm³/mol. The van der Waals surface area contributed by atoms with E-state index in [1.165, 1.54) is 31.5 Å². The van der Waals surface area contributed by atoms with Crippen LogP contribution < -0.4 is 20.5 Å². The van der Waals surface area contributed by atoms with Crippen molar-refractivity contribution >= 4 is 34.4 Å².